The second-order valence-electron chi connectivity index (χ2n) is 4.08. The third-order valence-electron chi connectivity index (χ3n) is 2.73. The molecule has 0 aromatic heterocycles. The van der Waals surface area contributed by atoms with Crippen LogP contribution in [0.2, 0.25) is 0 Å². The van der Waals surface area contributed by atoms with E-state index in [2.05, 4.69) is 5.32 Å². The van der Waals surface area contributed by atoms with Crippen LogP contribution in [0.25, 0.3) is 0 Å². The van der Waals surface area contributed by atoms with Gasteiger partial charge in [0.1, 0.15) is 0 Å². The molecule has 0 unspecified atom stereocenters. The van der Waals surface area contributed by atoms with Gasteiger partial charge in [0.05, 0.1) is 5.56 Å². The normalized spacial score (nSPS) is 10.4. The average molecular weight is 280 g/mol. The molecule has 3 nitrogen and oxygen atoms in total. The molecule has 0 aliphatic carbocycles. The molecule has 0 radical (unpaired) electrons. The fourth-order valence-electron chi connectivity index (χ4n) is 1.62. The number of hydrogen-bond donors (Lipinski definition) is 2. The lowest BCUT2D eigenvalue weighted by molar-refractivity contribution is 0.102. The standard InChI is InChI=1S/C14H11F3N2O/c15-11-6-5-10(12(16)13(11)17)14(20)19-9-3-1-8(7-18)2-4-9/h1-6H,7,18H2,(H,19,20). The van der Waals surface area contributed by atoms with Crippen LogP contribution < -0.4 is 11.1 Å². The highest BCUT2D eigenvalue weighted by molar-refractivity contribution is 6.04. The number of carbonyl (C=O) groups excluding carboxylic acids is 1. The van der Waals surface area contributed by atoms with Crippen molar-refractivity contribution in [1.82, 2.24) is 0 Å². The molecule has 6 heteroatoms. The number of nitrogens with one attached hydrogen (secondary N) is 1. The lowest BCUT2D eigenvalue weighted by Crippen LogP contribution is -2.15. The van der Waals surface area contributed by atoms with Gasteiger partial charge in [-0.1, -0.05) is 12.1 Å². The first kappa shape index (κ1) is 14.1. The van der Waals surface area contributed by atoms with Gasteiger partial charge in [-0.3, -0.25) is 4.79 Å². The van der Waals surface area contributed by atoms with Crippen molar-refractivity contribution in [3.05, 3.63) is 65.0 Å². The number of amides is 1. The molecule has 20 heavy (non-hydrogen) atoms. The summed E-state index contributed by atoms with van der Waals surface area (Å²) in [4.78, 5) is 11.8. The van der Waals surface area contributed by atoms with E-state index < -0.39 is 28.9 Å². The molecule has 3 N–H and O–H groups in total. The number of anilines is 1. The number of benzene rings is 2. The molecular formula is C14H11F3N2O. The van der Waals surface area contributed by atoms with Crippen molar-refractivity contribution in [3.63, 3.8) is 0 Å². The Kier molecular flexibility index (Phi) is 4.05. The average Bonchev–Trinajstić information content (AvgIpc) is 2.45. The van der Waals surface area contributed by atoms with E-state index in [-0.39, 0.29) is 0 Å². The molecule has 0 fully saturated rings. The van der Waals surface area contributed by atoms with Crippen molar-refractivity contribution < 1.29 is 18.0 Å². The molecule has 2 aromatic rings. The molecule has 1 amide bonds. The largest absolute Gasteiger partial charge is 0.326 e. The maximum atomic E-state index is 13.4. The molecule has 0 heterocycles. The van der Waals surface area contributed by atoms with Crippen LogP contribution in [0.4, 0.5) is 18.9 Å². The van der Waals surface area contributed by atoms with Crippen LogP contribution in [0.1, 0.15) is 15.9 Å². The van der Waals surface area contributed by atoms with Gasteiger partial charge >= 0.3 is 0 Å². The summed E-state index contributed by atoms with van der Waals surface area (Å²) in [5, 5.41) is 2.39. The third kappa shape index (κ3) is 2.80. The summed E-state index contributed by atoms with van der Waals surface area (Å²) in [7, 11) is 0. The molecule has 0 bridgehead atoms. The number of nitrogens with two attached hydrogens (primary N) is 1. The molecule has 0 saturated heterocycles. The van der Waals surface area contributed by atoms with Crippen LogP contribution in [0, 0.1) is 17.5 Å². The van der Waals surface area contributed by atoms with Gasteiger partial charge in [0.2, 0.25) is 0 Å². The van der Waals surface area contributed by atoms with E-state index in [1.807, 2.05) is 0 Å². The van der Waals surface area contributed by atoms with Crippen molar-refractivity contribution in [3.8, 4) is 0 Å². The Balaban J connectivity index is 2.21. The van der Waals surface area contributed by atoms with Gasteiger partial charge in [-0.2, -0.15) is 0 Å². The van der Waals surface area contributed by atoms with E-state index >= 15 is 0 Å². The van der Waals surface area contributed by atoms with Gasteiger partial charge < -0.3 is 11.1 Å². The van der Waals surface area contributed by atoms with Crippen molar-refractivity contribution in [1.29, 1.82) is 0 Å². The van der Waals surface area contributed by atoms with E-state index in [0.29, 0.717) is 18.3 Å². The summed E-state index contributed by atoms with van der Waals surface area (Å²) >= 11 is 0. The van der Waals surface area contributed by atoms with Crippen LogP contribution in [-0.4, -0.2) is 5.91 Å². The van der Waals surface area contributed by atoms with E-state index in [9.17, 15) is 18.0 Å². The molecule has 0 aliphatic heterocycles. The zero-order valence-corrected chi connectivity index (χ0v) is 10.3. The smallest absolute Gasteiger partial charge is 0.258 e. The fraction of sp³-hybridized carbons (Fsp3) is 0.0714. The van der Waals surface area contributed by atoms with Crippen molar-refractivity contribution in [2.24, 2.45) is 5.73 Å². The maximum Gasteiger partial charge on any atom is 0.258 e. The summed E-state index contributed by atoms with van der Waals surface area (Å²) in [6.07, 6.45) is 0. The second-order valence-corrected chi connectivity index (χ2v) is 4.08. The number of halogens is 3. The molecule has 2 aromatic carbocycles. The Labute approximate surface area is 113 Å². The van der Waals surface area contributed by atoms with Crippen molar-refractivity contribution in [2.75, 3.05) is 5.32 Å². The number of hydrogen-bond acceptors (Lipinski definition) is 2. The lowest BCUT2D eigenvalue weighted by atomic mass is 10.1. The fourth-order valence-corrected chi connectivity index (χ4v) is 1.62. The third-order valence-corrected chi connectivity index (χ3v) is 2.73. The van der Waals surface area contributed by atoms with Gasteiger partial charge in [0.25, 0.3) is 5.91 Å². The highest BCUT2D eigenvalue weighted by Crippen LogP contribution is 2.17. The minimum Gasteiger partial charge on any atom is -0.326 e. The SMILES string of the molecule is NCc1ccc(NC(=O)c2ccc(F)c(F)c2F)cc1. The van der Waals surface area contributed by atoms with Gasteiger partial charge in [0, 0.05) is 12.2 Å². The first-order valence-electron chi connectivity index (χ1n) is 5.76. The first-order valence-corrected chi connectivity index (χ1v) is 5.76. The Morgan fingerprint density at radius 2 is 1.65 bits per heavy atom. The molecule has 0 spiro atoms. The van der Waals surface area contributed by atoms with Gasteiger partial charge in [-0.05, 0) is 29.8 Å². The Hall–Kier alpha value is -2.34. The van der Waals surface area contributed by atoms with Crippen LogP contribution in [-0.2, 0) is 6.54 Å². The lowest BCUT2D eigenvalue weighted by Gasteiger charge is -2.07. The van der Waals surface area contributed by atoms with E-state index in [0.717, 1.165) is 11.6 Å². The molecule has 0 atom stereocenters. The van der Waals surface area contributed by atoms with Gasteiger partial charge in [-0.15, -0.1) is 0 Å². The van der Waals surface area contributed by atoms with Crippen molar-refractivity contribution >= 4 is 11.6 Å². The van der Waals surface area contributed by atoms with E-state index in [1.54, 1.807) is 24.3 Å². The zero-order valence-electron chi connectivity index (χ0n) is 10.3. The monoisotopic (exact) mass is 280 g/mol. The summed E-state index contributed by atoms with van der Waals surface area (Å²) in [6, 6.07) is 8.13. The molecule has 0 aliphatic rings. The minimum absolute atomic E-state index is 0.353. The summed E-state index contributed by atoms with van der Waals surface area (Å²) in [5.41, 5.74) is 6.13. The zero-order chi connectivity index (χ0) is 14.7. The highest BCUT2D eigenvalue weighted by atomic mass is 19.2. The Morgan fingerprint density at radius 1 is 1.00 bits per heavy atom. The number of rotatable bonds is 3. The van der Waals surface area contributed by atoms with Crippen molar-refractivity contribution in [2.45, 2.75) is 6.54 Å². The molecule has 104 valence electrons. The molecule has 0 saturated carbocycles. The van der Waals surface area contributed by atoms with Gasteiger partial charge in [0.15, 0.2) is 17.5 Å². The molecule has 2 rings (SSSR count). The predicted molar refractivity (Wildman–Crippen MR) is 68.6 cm³/mol. The maximum absolute atomic E-state index is 13.4. The number of carbonyl (C=O) groups is 1. The predicted octanol–water partition coefficient (Wildman–Crippen LogP) is 2.81. The van der Waals surface area contributed by atoms with Crippen LogP contribution >= 0.6 is 0 Å². The summed E-state index contributed by atoms with van der Waals surface area (Å²) in [5.74, 6) is -5.38. The quantitative estimate of drug-likeness (QED) is 0.849. The Bertz CT molecular complexity index is 642. The van der Waals surface area contributed by atoms with E-state index in [4.69, 9.17) is 5.73 Å². The Morgan fingerprint density at radius 3 is 2.25 bits per heavy atom. The minimum atomic E-state index is -1.67. The first-order chi connectivity index (χ1) is 9.52. The van der Waals surface area contributed by atoms with Gasteiger partial charge in [-0.25, -0.2) is 13.2 Å². The van der Waals surface area contributed by atoms with Crippen LogP contribution in [0.15, 0.2) is 36.4 Å². The summed E-state index contributed by atoms with van der Waals surface area (Å²) in [6.45, 7) is 0.353. The van der Waals surface area contributed by atoms with Crippen LogP contribution in [0.3, 0.4) is 0 Å². The highest BCUT2D eigenvalue weighted by Gasteiger charge is 2.18. The second kappa shape index (κ2) is 5.75. The van der Waals surface area contributed by atoms with Crippen LogP contribution in [0.5, 0.6) is 0 Å². The molecular weight excluding hydrogens is 269 g/mol. The summed E-state index contributed by atoms with van der Waals surface area (Å²) < 4.78 is 39.3. The topological polar surface area (TPSA) is 55.1 Å². The van der Waals surface area contributed by atoms with E-state index in [1.165, 1.54) is 0 Å².